The summed E-state index contributed by atoms with van der Waals surface area (Å²) in [5.41, 5.74) is 1.93. The highest BCUT2D eigenvalue weighted by molar-refractivity contribution is 9.11. The Balaban J connectivity index is 1.99. The summed E-state index contributed by atoms with van der Waals surface area (Å²) in [5.74, 6) is 0.842. The molecule has 0 fully saturated rings. The second-order valence-corrected chi connectivity index (χ2v) is 6.81. The lowest BCUT2D eigenvalue weighted by Crippen LogP contribution is -1.91. The molecule has 0 amide bonds. The molecule has 0 aliphatic carbocycles. The van der Waals surface area contributed by atoms with Crippen molar-refractivity contribution in [1.82, 2.24) is 4.98 Å². The Morgan fingerprint density at radius 2 is 1.90 bits per heavy atom. The van der Waals surface area contributed by atoms with Crippen molar-refractivity contribution in [2.75, 3.05) is 12.4 Å². The standard InChI is InChI=1S/C14H10Br2N2OS/c1-19-8-5-6-11-12(7-8)20-14(17-11)18-13-9(15)3-2-4-10(13)16/h2-7H,1H3,(H,17,18). The number of hydrogen-bond acceptors (Lipinski definition) is 4. The number of fused-ring (bicyclic) bond motifs is 1. The highest BCUT2D eigenvalue weighted by atomic mass is 79.9. The van der Waals surface area contributed by atoms with E-state index in [1.165, 1.54) is 0 Å². The minimum atomic E-state index is 0.842. The van der Waals surface area contributed by atoms with Crippen molar-refractivity contribution in [1.29, 1.82) is 0 Å². The monoisotopic (exact) mass is 412 g/mol. The first-order valence-corrected chi connectivity index (χ1v) is 8.23. The largest absolute Gasteiger partial charge is 0.497 e. The molecule has 6 heteroatoms. The van der Waals surface area contributed by atoms with E-state index in [9.17, 15) is 0 Å². The highest BCUT2D eigenvalue weighted by Gasteiger charge is 2.09. The summed E-state index contributed by atoms with van der Waals surface area (Å²) in [6.07, 6.45) is 0. The second-order valence-electron chi connectivity index (χ2n) is 4.07. The number of thiazole rings is 1. The normalized spacial score (nSPS) is 10.8. The van der Waals surface area contributed by atoms with Gasteiger partial charge in [0.05, 0.1) is 23.0 Å². The van der Waals surface area contributed by atoms with Crippen LogP contribution in [0.2, 0.25) is 0 Å². The van der Waals surface area contributed by atoms with Gasteiger partial charge in [0, 0.05) is 8.95 Å². The van der Waals surface area contributed by atoms with Gasteiger partial charge in [-0.3, -0.25) is 0 Å². The molecule has 1 heterocycles. The zero-order valence-corrected chi connectivity index (χ0v) is 14.5. The van der Waals surface area contributed by atoms with Crippen LogP contribution in [0.1, 0.15) is 0 Å². The summed E-state index contributed by atoms with van der Waals surface area (Å²) < 4.78 is 8.30. The van der Waals surface area contributed by atoms with Gasteiger partial charge in [0.2, 0.25) is 0 Å². The summed E-state index contributed by atoms with van der Waals surface area (Å²) >= 11 is 8.67. The molecule has 0 atom stereocenters. The van der Waals surface area contributed by atoms with E-state index in [-0.39, 0.29) is 0 Å². The van der Waals surface area contributed by atoms with Crippen LogP contribution in [-0.2, 0) is 0 Å². The molecular weight excluding hydrogens is 404 g/mol. The third-order valence-corrected chi connectivity index (χ3v) is 5.05. The number of para-hydroxylation sites is 1. The highest BCUT2D eigenvalue weighted by Crippen LogP contribution is 2.36. The van der Waals surface area contributed by atoms with Crippen LogP contribution in [0.4, 0.5) is 10.8 Å². The first-order valence-electron chi connectivity index (χ1n) is 5.83. The number of benzene rings is 2. The van der Waals surface area contributed by atoms with Crippen LogP contribution in [0, 0.1) is 0 Å². The molecule has 20 heavy (non-hydrogen) atoms. The van der Waals surface area contributed by atoms with Gasteiger partial charge in [-0.25, -0.2) is 4.98 Å². The molecule has 1 N–H and O–H groups in total. The number of methoxy groups -OCH3 is 1. The molecule has 3 aromatic rings. The van der Waals surface area contributed by atoms with E-state index in [1.807, 2.05) is 36.4 Å². The molecule has 0 aliphatic heterocycles. The van der Waals surface area contributed by atoms with Crippen molar-refractivity contribution < 1.29 is 4.74 Å². The van der Waals surface area contributed by atoms with Gasteiger partial charge >= 0.3 is 0 Å². The zero-order valence-electron chi connectivity index (χ0n) is 10.5. The number of ether oxygens (including phenoxy) is 1. The van der Waals surface area contributed by atoms with E-state index in [0.29, 0.717) is 0 Å². The third kappa shape index (κ3) is 2.68. The van der Waals surface area contributed by atoms with Crippen LogP contribution in [-0.4, -0.2) is 12.1 Å². The Bertz CT molecular complexity index is 753. The Labute approximate surface area is 137 Å². The maximum atomic E-state index is 5.23. The number of anilines is 2. The minimum absolute atomic E-state index is 0.842. The molecule has 0 radical (unpaired) electrons. The van der Waals surface area contributed by atoms with Crippen LogP contribution in [0.5, 0.6) is 5.75 Å². The summed E-state index contributed by atoms with van der Waals surface area (Å²) in [6, 6.07) is 11.8. The number of rotatable bonds is 3. The van der Waals surface area contributed by atoms with E-state index >= 15 is 0 Å². The molecule has 0 aliphatic rings. The third-order valence-electron chi connectivity index (χ3n) is 2.79. The zero-order chi connectivity index (χ0) is 14.1. The maximum Gasteiger partial charge on any atom is 0.188 e. The summed E-state index contributed by atoms with van der Waals surface area (Å²) in [6.45, 7) is 0. The van der Waals surface area contributed by atoms with E-state index in [2.05, 4.69) is 42.2 Å². The van der Waals surface area contributed by atoms with Gasteiger partial charge in [0.1, 0.15) is 5.75 Å². The van der Waals surface area contributed by atoms with Gasteiger partial charge in [-0.15, -0.1) is 0 Å². The van der Waals surface area contributed by atoms with E-state index < -0.39 is 0 Å². The van der Waals surface area contributed by atoms with Crippen LogP contribution in [0.25, 0.3) is 10.2 Å². The predicted molar refractivity (Wildman–Crippen MR) is 91.3 cm³/mol. The Hall–Kier alpha value is -1.11. The summed E-state index contributed by atoms with van der Waals surface area (Å²) in [5, 5.41) is 4.19. The number of nitrogens with one attached hydrogen (secondary N) is 1. The van der Waals surface area contributed by atoms with Gasteiger partial charge in [-0.1, -0.05) is 17.4 Å². The quantitative estimate of drug-likeness (QED) is 0.609. The molecule has 1 aromatic heterocycles. The maximum absolute atomic E-state index is 5.23. The molecule has 3 rings (SSSR count). The van der Waals surface area contributed by atoms with E-state index in [0.717, 1.165) is 35.7 Å². The SMILES string of the molecule is COc1ccc2nc(Nc3c(Br)cccc3Br)sc2c1. The van der Waals surface area contributed by atoms with Crippen LogP contribution < -0.4 is 10.1 Å². The lowest BCUT2D eigenvalue weighted by atomic mass is 10.3. The number of hydrogen-bond donors (Lipinski definition) is 1. The summed E-state index contributed by atoms with van der Waals surface area (Å²) in [7, 11) is 1.67. The first-order chi connectivity index (χ1) is 9.67. The van der Waals surface area contributed by atoms with Gasteiger partial charge in [-0.05, 0) is 62.2 Å². The second kappa shape index (κ2) is 5.71. The molecule has 0 saturated heterocycles. The Morgan fingerprint density at radius 1 is 1.15 bits per heavy atom. The van der Waals surface area contributed by atoms with Crippen LogP contribution in [0.15, 0.2) is 45.3 Å². The van der Waals surface area contributed by atoms with Crippen molar-refractivity contribution >= 4 is 64.2 Å². The molecule has 2 aromatic carbocycles. The molecule has 3 nitrogen and oxygen atoms in total. The fourth-order valence-corrected chi connectivity index (χ4v) is 3.90. The molecule has 0 bridgehead atoms. The smallest absolute Gasteiger partial charge is 0.188 e. The molecule has 102 valence electrons. The minimum Gasteiger partial charge on any atom is -0.497 e. The van der Waals surface area contributed by atoms with Gasteiger partial charge < -0.3 is 10.1 Å². The van der Waals surface area contributed by atoms with Crippen molar-refractivity contribution in [3.05, 3.63) is 45.3 Å². The number of halogens is 2. The Morgan fingerprint density at radius 3 is 2.60 bits per heavy atom. The molecule has 0 unspecified atom stereocenters. The topological polar surface area (TPSA) is 34.1 Å². The van der Waals surface area contributed by atoms with Crippen molar-refractivity contribution in [2.24, 2.45) is 0 Å². The van der Waals surface area contributed by atoms with Gasteiger partial charge in [-0.2, -0.15) is 0 Å². The molecule has 0 saturated carbocycles. The van der Waals surface area contributed by atoms with Crippen LogP contribution in [0.3, 0.4) is 0 Å². The molecular formula is C14H10Br2N2OS. The predicted octanol–water partition coefficient (Wildman–Crippen LogP) is 5.57. The fourth-order valence-electron chi connectivity index (χ4n) is 1.81. The van der Waals surface area contributed by atoms with E-state index in [1.54, 1.807) is 18.4 Å². The fraction of sp³-hybridized carbons (Fsp3) is 0.0714. The number of aromatic nitrogens is 1. The van der Waals surface area contributed by atoms with Crippen molar-refractivity contribution in [3.63, 3.8) is 0 Å². The van der Waals surface area contributed by atoms with Gasteiger partial charge in [0.15, 0.2) is 5.13 Å². The average Bonchev–Trinajstić information content (AvgIpc) is 2.84. The van der Waals surface area contributed by atoms with Crippen molar-refractivity contribution in [2.45, 2.75) is 0 Å². The first kappa shape index (κ1) is 13.9. The summed E-state index contributed by atoms with van der Waals surface area (Å²) in [4.78, 5) is 4.58. The average molecular weight is 414 g/mol. The lowest BCUT2D eigenvalue weighted by molar-refractivity contribution is 0.415. The van der Waals surface area contributed by atoms with E-state index in [4.69, 9.17) is 4.74 Å². The Kier molecular flexibility index (Phi) is 3.96. The number of nitrogens with zero attached hydrogens (tertiary/aromatic N) is 1. The lowest BCUT2D eigenvalue weighted by Gasteiger charge is -2.07. The van der Waals surface area contributed by atoms with Crippen LogP contribution >= 0.6 is 43.2 Å². The molecule has 0 spiro atoms. The van der Waals surface area contributed by atoms with Crippen molar-refractivity contribution in [3.8, 4) is 5.75 Å². The van der Waals surface area contributed by atoms with Gasteiger partial charge in [0.25, 0.3) is 0 Å².